The number of carbonyl (C=O) groups is 1. The molecule has 2 saturated heterocycles. The van der Waals surface area contributed by atoms with Gasteiger partial charge in [-0.3, -0.25) is 9.69 Å². The zero-order valence-electron chi connectivity index (χ0n) is 15.0. The molecule has 4 rings (SSSR count). The minimum atomic E-state index is 0.0959. The van der Waals surface area contributed by atoms with Crippen LogP contribution in [0.5, 0.6) is 5.75 Å². The Morgan fingerprint density at radius 3 is 2.64 bits per heavy atom. The molecule has 3 heterocycles. The minimum absolute atomic E-state index is 0.0959. The number of rotatable bonds is 4. The number of H-pyrrole nitrogens is 1. The number of benzene rings is 1. The molecule has 1 aromatic carbocycles. The Bertz CT molecular complexity index is 758. The van der Waals surface area contributed by atoms with Crippen molar-refractivity contribution in [2.75, 3.05) is 52.9 Å². The molecule has 2 fully saturated rings. The first-order valence-corrected chi connectivity index (χ1v) is 9.10. The van der Waals surface area contributed by atoms with Crippen LogP contribution in [0.4, 0.5) is 0 Å². The van der Waals surface area contributed by atoms with Gasteiger partial charge in [-0.1, -0.05) is 6.92 Å². The SMILES string of the molecule is CCN1CCN(C2CN(C(=O)c3cc4ccc(OC)cc4[nH]3)C2)CC1. The van der Waals surface area contributed by atoms with Gasteiger partial charge in [0.2, 0.25) is 0 Å². The second-order valence-electron chi connectivity index (χ2n) is 6.97. The third kappa shape index (κ3) is 3.12. The van der Waals surface area contributed by atoms with E-state index in [2.05, 4.69) is 21.7 Å². The van der Waals surface area contributed by atoms with Crippen LogP contribution in [0.25, 0.3) is 10.9 Å². The van der Waals surface area contributed by atoms with Crippen LogP contribution in [0.1, 0.15) is 17.4 Å². The van der Waals surface area contributed by atoms with Crippen molar-refractivity contribution in [3.05, 3.63) is 30.0 Å². The van der Waals surface area contributed by atoms with Gasteiger partial charge in [-0.25, -0.2) is 0 Å². The normalized spacial score (nSPS) is 20.0. The third-order valence-electron chi connectivity index (χ3n) is 5.58. The van der Waals surface area contributed by atoms with Crippen LogP contribution >= 0.6 is 0 Å². The monoisotopic (exact) mass is 342 g/mol. The molecule has 134 valence electrons. The largest absolute Gasteiger partial charge is 0.497 e. The van der Waals surface area contributed by atoms with E-state index in [9.17, 15) is 4.79 Å². The molecule has 0 atom stereocenters. The van der Waals surface area contributed by atoms with Crippen LogP contribution in [-0.2, 0) is 0 Å². The van der Waals surface area contributed by atoms with E-state index in [0.717, 1.165) is 62.5 Å². The highest BCUT2D eigenvalue weighted by atomic mass is 16.5. The molecule has 0 radical (unpaired) electrons. The number of aromatic nitrogens is 1. The number of ether oxygens (including phenoxy) is 1. The molecule has 0 bridgehead atoms. The van der Waals surface area contributed by atoms with Gasteiger partial charge in [0.05, 0.1) is 7.11 Å². The summed E-state index contributed by atoms with van der Waals surface area (Å²) >= 11 is 0. The van der Waals surface area contributed by atoms with Crippen molar-refractivity contribution in [3.8, 4) is 5.75 Å². The van der Waals surface area contributed by atoms with Gasteiger partial charge in [0.1, 0.15) is 11.4 Å². The standard InChI is InChI=1S/C19H26N4O2/c1-3-21-6-8-22(9-7-21)15-12-23(13-15)19(24)18-10-14-4-5-16(25-2)11-17(14)20-18/h4-5,10-11,15,20H,3,6-9,12-13H2,1-2H3. The summed E-state index contributed by atoms with van der Waals surface area (Å²) in [6, 6.07) is 8.28. The molecule has 6 heteroatoms. The third-order valence-corrected chi connectivity index (χ3v) is 5.58. The number of amides is 1. The zero-order chi connectivity index (χ0) is 17.4. The number of likely N-dealkylation sites (tertiary alicyclic amines) is 1. The Labute approximate surface area is 148 Å². The van der Waals surface area contributed by atoms with E-state index in [0.29, 0.717) is 11.7 Å². The van der Waals surface area contributed by atoms with Crippen molar-refractivity contribution in [1.82, 2.24) is 19.7 Å². The Morgan fingerprint density at radius 2 is 1.96 bits per heavy atom. The number of methoxy groups -OCH3 is 1. The Balaban J connectivity index is 1.37. The highest BCUT2D eigenvalue weighted by Gasteiger charge is 2.36. The number of nitrogens with one attached hydrogen (secondary N) is 1. The second-order valence-corrected chi connectivity index (χ2v) is 6.97. The fourth-order valence-electron chi connectivity index (χ4n) is 3.82. The molecule has 25 heavy (non-hydrogen) atoms. The fraction of sp³-hybridized carbons (Fsp3) is 0.526. The highest BCUT2D eigenvalue weighted by molar-refractivity contribution is 5.98. The van der Waals surface area contributed by atoms with E-state index in [-0.39, 0.29) is 5.91 Å². The van der Waals surface area contributed by atoms with Crippen molar-refractivity contribution in [2.45, 2.75) is 13.0 Å². The number of aromatic amines is 1. The fourth-order valence-corrected chi connectivity index (χ4v) is 3.82. The Morgan fingerprint density at radius 1 is 1.20 bits per heavy atom. The van der Waals surface area contributed by atoms with Crippen LogP contribution < -0.4 is 4.74 Å². The second kappa shape index (κ2) is 6.69. The lowest BCUT2D eigenvalue weighted by Crippen LogP contribution is -2.64. The maximum atomic E-state index is 12.7. The summed E-state index contributed by atoms with van der Waals surface area (Å²) in [7, 11) is 1.65. The summed E-state index contributed by atoms with van der Waals surface area (Å²) in [5.41, 5.74) is 1.60. The number of fused-ring (bicyclic) bond motifs is 1. The topological polar surface area (TPSA) is 51.8 Å². The molecule has 1 N–H and O–H groups in total. The van der Waals surface area contributed by atoms with Gasteiger partial charge in [0.25, 0.3) is 5.91 Å². The molecule has 0 saturated carbocycles. The average Bonchev–Trinajstić information content (AvgIpc) is 3.04. The zero-order valence-corrected chi connectivity index (χ0v) is 15.0. The molecule has 6 nitrogen and oxygen atoms in total. The maximum Gasteiger partial charge on any atom is 0.270 e. The van der Waals surface area contributed by atoms with Gasteiger partial charge in [0, 0.05) is 62.3 Å². The van der Waals surface area contributed by atoms with Crippen LogP contribution in [0.3, 0.4) is 0 Å². The summed E-state index contributed by atoms with van der Waals surface area (Å²) in [6.07, 6.45) is 0. The molecule has 1 aromatic heterocycles. The summed E-state index contributed by atoms with van der Waals surface area (Å²) in [5.74, 6) is 0.891. The van der Waals surface area contributed by atoms with Crippen molar-refractivity contribution in [3.63, 3.8) is 0 Å². The van der Waals surface area contributed by atoms with E-state index >= 15 is 0 Å². The Kier molecular flexibility index (Phi) is 4.39. The van der Waals surface area contributed by atoms with E-state index in [1.165, 1.54) is 0 Å². The van der Waals surface area contributed by atoms with Crippen LogP contribution in [0.15, 0.2) is 24.3 Å². The van der Waals surface area contributed by atoms with Gasteiger partial charge in [-0.05, 0) is 24.7 Å². The smallest absolute Gasteiger partial charge is 0.270 e. The van der Waals surface area contributed by atoms with Crippen LogP contribution in [-0.4, -0.2) is 84.6 Å². The summed E-state index contributed by atoms with van der Waals surface area (Å²) < 4.78 is 5.24. The highest BCUT2D eigenvalue weighted by Crippen LogP contribution is 2.24. The van der Waals surface area contributed by atoms with Gasteiger partial charge < -0.3 is 19.5 Å². The summed E-state index contributed by atoms with van der Waals surface area (Å²) in [5, 5.41) is 1.04. The van der Waals surface area contributed by atoms with Crippen molar-refractivity contribution in [1.29, 1.82) is 0 Å². The lowest BCUT2D eigenvalue weighted by Gasteiger charge is -2.48. The van der Waals surface area contributed by atoms with Crippen molar-refractivity contribution in [2.24, 2.45) is 0 Å². The quantitative estimate of drug-likeness (QED) is 0.918. The molecule has 0 unspecified atom stereocenters. The van der Waals surface area contributed by atoms with Crippen molar-refractivity contribution >= 4 is 16.8 Å². The van der Waals surface area contributed by atoms with Crippen LogP contribution in [0.2, 0.25) is 0 Å². The van der Waals surface area contributed by atoms with Gasteiger partial charge >= 0.3 is 0 Å². The van der Waals surface area contributed by atoms with E-state index in [4.69, 9.17) is 4.74 Å². The van der Waals surface area contributed by atoms with E-state index < -0.39 is 0 Å². The maximum absolute atomic E-state index is 12.7. The van der Waals surface area contributed by atoms with E-state index in [1.54, 1.807) is 7.11 Å². The lowest BCUT2D eigenvalue weighted by molar-refractivity contribution is 0.00813. The summed E-state index contributed by atoms with van der Waals surface area (Å²) in [6.45, 7) is 9.55. The molecule has 2 aliphatic heterocycles. The molecule has 2 aromatic rings. The predicted octanol–water partition coefficient (Wildman–Crippen LogP) is 1.64. The number of hydrogen-bond donors (Lipinski definition) is 1. The van der Waals surface area contributed by atoms with Crippen LogP contribution in [0, 0.1) is 0 Å². The first-order valence-electron chi connectivity index (χ1n) is 9.10. The van der Waals surface area contributed by atoms with E-state index in [1.807, 2.05) is 29.2 Å². The van der Waals surface area contributed by atoms with Gasteiger partial charge in [-0.2, -0.15) is 0 Å². The first kappa shape index (κ1) is 16.4. The number of piperazine rings is 1. The molecule has 0 aliphatic carbocycles. The van der Waals surface area contributed by atoms with Crippen molar-refractivity contribution < 1.29 is 9.53 Å². The minimum Gasteiger partial charge on any atom is -0.497 e. The molecule has 0 spiro atoms. The molecular weight excluding hydrogens is 316 g/mol. The lowest BCUT2D eigenvalue weighted by atomic mass is 10.1. The first-order chi connectivity index (χ1) is 12.2. The molecule has 2 aliphatic rings. The van der Waals surface area contributed by atoms with Gasteiger partial charge in [-0.15, -0.1) is 0 Å². The number of carbonyl (C=O) groups excluding carboxylic acids is 1. The number of likely N-dealkylation sites (N-methyl/N-ethyl adjacent to an activating group) is 1. The molecule has 1 amide bonds. The predicted molar refractivity (Wildman–Crippen MR) is 98.2 cm³/mol. The number of hydrogen-bond acceptors (Lipinski definition) is 4. The number of nitrogens with zero attached hydrogens (tertiary/aromatic N) is 3. The Hall–Kier alpha value is -2.05. The van der Waals surface area contributed by atoms with Gasteiger partial charge in [0.15, 0.2) is 0 Å². The molecular formula is C19H26N4O2. The average molecular weight is 342 g/mol. The summed E-state index contributed by atoms with van der Waals surface area (Å²) in [4.78, 5) is 22.9.